The number of thiophene rings is 1. The summed E-state index contributed by atoms with van der Waals surface area (Å²) in [5.41, 5.74) is 0. The number of aromatic amines is 1. The van der Waals surface area contributed by atoms with Crippen LogP contribution in [0.2, 0.25) is 0 Å². The highest BCUT2D eigenvalue weighted by Gasteiger charge is 2.27. The highest BCUT2D eigenvalue weighted by atomic mass is 32.2. The van der Waals surface area contributed by atoms with Crippen molar-refractivity contribution in [1.82, 2.24) is 25.1 Å². The molecule has 5 nitrogen and oxygen atoms in total. The molecule has 1 saturated carbocycles. The molecule has 1 aliphatic rings. The molecule has 1 fully saturated rings. The lowest BCUT2D eigenvalue weighted by Gasteiger charge is -1.96. The standard InChI is InChI=1S/C11H9N5S2/c1-2-6(1)8-14-11(16-15-8)18-10-7-3-4-17-9(7)12-5-13-10/h3-6H,1-2H2,(H,14,15,16). The monoisotopic (exact) mass is 275 g/mol. The second kappa shape index (κ2) is 4.03. The lowest BCUT2D eigenvalue weighted by molar-refractivity contribution is 0.931. The van der Waals surface area contributed by atoms with Gasteiger partial charge in [-0.2, -0.15) is 0 Å². The maximum absolute atomic E-state index is 4.50. The SMILES string of the molecule is c1nc(Sc2n[nH]c(C3CC3)n2)c2ccsc2n1. The Kier molecular flexibility index (Phi) is 2.34. The summed E-state index contributed by atoms with van der Waals surface area (Å²) in [6.07, 6.45) is 4.04. The van der Waals surface area contributed by atoms with Gasteiger partial charge in [-0.3, -0.25) is 5.10 Å². The average molecular weight is 275 g/mol. The molecule has 0 unspecified atom stereocenters. The van der Waals surface area contributed by atoms with Gasteiger partial charge in [-0.1, -0.05) is 0 Å². The molecule has 0 atom stereocenters. The zero-order chi connectivity index (χ0) is 11.9. The highest BCUT2D eigenvalue weighted by molar-refractivity contribution is 7.99. The maximum atomic E-state index is 4.50. The number of nitrogens with one attached hydrogen (secondary N) is 1. The molecule has 1 N–H and O–H groups in total. The average Bonchev–Trinajstić information content (AvgIpc) is 2.94. The van der Waals surface area contributed by atoms with Gasteiger partial charge in [0.15, 0.2) is 0 Å². The van der Waals surface area contributed by atoms with E-state index in [4.69, 9.17) is 0 Å². The van der Waals surface area contributed by atoms with Crippen molar-refractivity contribution in [2.45, 2.75) is 28.9 Å². The van der Waals surface area contributed by atoms with E-state index in [-0.39, 0.29) is 0 Å². The van der Waals surface area contributed by atoms with Gasteiger partial charge in [-0.05, 0) is 36.0 Å². The van der Waals surface area contributed by atoms with Crippen molar-refractivity contribution in [3.05, 3.63) is 23.6 Å². The zero-order valence-electron chi connectivity index (χ0n) is 9.33. The van der Waals surface area contributed by atoms with Gasteiger partial charge in [0.1, 0.15) is 22.0 Å². The van der Waals surface area contributed by atoms with Gasteiger partial charge >= 0.3 is 0 Å². The summed E-state index contributed by atoms with van der Waals surface area (Å²) in [4.78, 5) is 14.0. The molecule has 0 aliphatic heterocycles. The summed E-state index contributed by atoms with van der Waals surface area (Å²) in [5, 5.41) is 12.0. The van der Waals surface area contributed by atoms with Crippen LogP contribution in [-0.4, -0.2) is 25.1 Å². The fourth-order valence-electron chi connectivity index (χ4n) is 1.78. The van der Waals surface area contributed by atoms with Crippen molar-refractivity contribution in [2.24, 2.45) is 0 Å². The highest BCUT2D eigenvalue weighted by Crippen LogP contribution is 2.39. The van der Waals surface area contributed by atoms with E-state index < -0.39 is 0 Å². The number of nitrogens with zero attached hydrogens (tertiary/aromatic N) is 4. The van der Waals surface area contributed by atoms with Crippen LogP contribution < -0.4 is 0 Å². The van der Waals surface area contributed by atoms with Crippen LogP contribution in [0.1, 0.15) is 24.6 Å². The lowest BCUT2D eigenvalue weighted by Crippen LogP contribution is -1.84. The number of hydrogen-bond acceptors (Lipinski definition) is 6. The number of fused-ring (bicyclic) bond motifs is 1. The molecule has 0 spiro atoms. The van der Waals surface area contributed by atoms with Crippen LogP contribution in [0.3, 0.4) is 0 Å². The van der Waals surface area contributed by atoms with Gasteiger partial charge in [-0.25, -0.2) is 15.0 Å². The number of aromatic nitrogens is 5. The van der Waals surface area contributed by atoms with Crippen molar-refractivity contribution in [2.75, 3.05) is 0 Å². The molecule has 0 aromatic carbocycles. The minimum atomic E-state index is 0.596. The van der Waals surface area contributed by atoms with Crippen molar-refractivity contribution >= 4 is 33.3 Å². The van der Waals surface area contributed by atoms with E-state index in [1.807, 2.05) is 11.4 Å². The van der Waals surface area contributed by atoms with E-state index in [1.165, 1.54) is 24.6 Å². The van der Waals surface area contributed by atoms with Crippen molar-refractivity contribution in [1.29, 1.82) is 0 Å². The molecular formula is C11H9N5S2. The molecule has 4 rings (SSSR count). The van der Waals surface area contributed by atoms with Crippen molar-refractivity contribution in [3.63, 3.8) is 0 Å². The van der Waals surface area contributed by atoms with Gasteiger partial charge in [0.25, 0.3) is 0 Å². The fraction of sp³-hybridized carbons (Fsp3) is 0.273. The van der Waals surface area contributed by atoms with Crippen molar-refractivity contribution in [3.8, 4) is 0 Å². The lowest BCUT2D eigenvalue weighted by atomic mass is 10.4. The Morgan fingerprint density at radius 3 is 3.17 bits per heavy atom. The molecule has 0 amide bonds. The first-order valence-electron chi connectivity index (χ1n) is 5.68. The molecular weight excluding hydrogens is 266 g/mol. The van der Waals surface area contributed by atoms with Gasteiger partial charge in [0, 0.05) is 11.3 Å². The van der Waals surface area contributed by atoms with E-state index in [9.17, 15) is 0 Å². The molecule has 1 aliphatic carbocycles. The molecule has 18 heavy (non-hydrogen) atoms. The number of H-pyrrole nitrogens is 1. The Morgan fingerprint density at radius 2 is 2.28 bits per heavy atom. The summed E-state index contributed by atoms with van der Waals surface area (Å²) in [5.74, 6) is 1.60. The molecule has 3 aromatic rings. The second-order valence-corrected chi connectivity index (χ2v) is 6.05. The Morgan fingerprint density at radius 1 is 1.33 bits per heavy atom. The van der Waals surface area contributed by atoms with Crippen LogP contribution in [0.15, 0.2) is 28.0 Å². The van der Waals surface area contributed by atoms with Gasteiger partial charge in [-0.15, -0.1) is 16.4 Å². The summed E-state index contributed by atoms with van der Waals surface area (Å²) in [6.45, 7) is 0. The normalized spacial score (nSPS) is 15.3. The summed E-state index contributed by atoms with van der Waals surface area (Å²) >= 11 is 3.11. The van der Waals surface area contributed by atoms with E-state index in [0.29, 0.717) is 5.92 Å². The summed E-state index contributed by atoms with van der Waals surface area (Å²) in [6, 6.07) is 2.04. The molecule has 0 radical (unpaired) electrons. The Labute approximate surface area is 111 Å². The van der Waals surface area contributed by atoms with Crippen LogP contribution in [0.5, 0.6) is 0 Å². The van der Waals surface area contributed by atoms with E-state index in [2.05, 4.69) is 25.1 Å². The summed E-state index contributed by atoms with van der Waals surface area (Å²) < 4.78 is 0. The third-order valence-corrected chi connectivity index (χ3v) is 4.56. The van der Waals surface area contributed by atoms with Crippen LogP contribution in [0.4, 0.5) is 0 Å². The predicted octanol–water partition coefficient (Wildman–Crippen LogP) is 2.84. The number of hydrogen-bond donors (Lipinski definition) is 1. The minimum absolute atomic E-state index is 0.596. The molecule has 0 saturated heterocycles. The molecule has 0 bridgehead atoms. The molecule has 90 valence electrons. The smallest absolute Gasteiger partial charge is 0.214 e. The minimum Gasteiger partial charge on any atom is -0.262 e. The molecule has 3 heterocycles. The predicted molar refractivity (Wildman–Crippen MR) is 69.9 cm³/mol. The fourth-order valence-corrected chi connectivity index (χ4v) is 3.36. The molecule has 7 heteroatoms. The van der Waals surface area contributed by atoms with Crippen LogP contribution in [-0.2, 0) is 0 Å². The van der Waals surface area contributed by atoms with Gasteiger partial charge < -0.3 is 0 Å². The first-order valence-corrected chi connectivity index (χ1v) is 7.38. The molecule has 3 aromatic heterocycles. The second-order valence-electron chi connectivity index (χ2n) is 4.20. The van der Waals surface area contributed by atoms with Gasteiger partial charge in [0.2, 0.25) is 5.16 Å². The van der Waals surface area contributed by atoms with E-state index >= 15 is 0 Å². The van der Waals surface area contributed by atoms with Gasteiger partial charge in [0.05, 0.1) is 0 Å². The quantitative estimate of drug-likeness (QED) is 0.744. The maximum Gasteiger partial charge on any atom is 0.214 e. The topological polar surface area (TPSA) is 67.3 Å². The Bertz CT molecular complexity index is 700. The first-order chi connectivity index (χ1) is 8.90. The van der Waals surface area contributed by atoms with Crippen LogP contribution in [0.25, 0.3) is 10.2 Å². The van der Waals surface area contributed by atoms with E-state index in [1.54, 1.807) is 17.7 Å². The Balaban J connectivity index is 1.68. The third-order valence-electron chi connectivity index (χ3n) is 2.86. The van der Waals surface area contributed by atoms with E-state index in [0.717, 1.165) is 26.2 Å². The third kappa shape index (κ3) is 1.79. The number of rotatable bonds is 3. The first kappa shape index (κ1) is 10.5. The summed E-state index contributed by atoms with van der Waals surface area (Å²) in [7, 11) is 0. The zero-order valence-corrected chi connectivity index (χ0v) is 11.0. The van der Waals surface area contributed by atoms with Crippen LogP contribution in [0, 0.1) is 0 Å². The van der Waals surface area contributed by atoms with Crippen LogP contribution >= 0.6 is 23.1 Å². The largest absolute Gasteiger partial charge is 0.262 e. The van der Waals surface area contributed by atoms with Crippen molar-refractivity contribution < 1.29 is 0 Å². The Hall–Kier alpha value is -1.47.